The van der Waals surface area contributed by atoms with Gasteiger partial charge in [0.2, 0.25) is 5.78 Å². The highest BCUT2D eigenvalue weighted by atomic mass is 35.5. The predicted molar refractivity (Wildman–Crippen MR) is 112 cm³/mol. The van der Waals surface area contributed by atoms with Crippen molar-refractivity contribution in [3.05, 3.63) is 64.3 Å². The van der Waals surface area contributed by atoms with E-state index in [2.05, 4.69) is 4.98 Å². The Hall–Kier alpha value is -3.25. The lowest BCUT2D eigenvalue weighted by Gasteiger charge is -2.10. The summed E-state index contributed by atoms with van der Waals surface area (Å²) in [5, 5.41) is 1.16. The van der Waals surface area contributed by atoms with Gasteiger partial charge in [-0.15, -0.1) is 0 Å². The number of carbonyl (C=O) groups excluding carboxylic acids is 2. The Morgan fingerprint density at radius 3 is 2.62 bits per heavy atom. The number of aromatic amines is 1. The quantitative estimate of drug-likeness (QED) is 0.348. The molecule has 0 fully saturated rings. The molecule has 0 radical (unpaired) electrons. The van der Waals surface area contributed by atoms with Gasteiger partial charge in [0.1, 0.15) is 0 Å². The maximum Gasteiger partial charge on any atom is 0.331 e. The van der Waals surface area contributed by atoms with Crippen LogP contribution in [0.3, 0.4) is 0 Å². The highest BCUT2D eigenvalue weighted by Gasteiger charge is 2.17. The van der Waals surface area contributed by atoms with Gasteiger partial charge in [-0.3, -0.25) is 4.79 Å². The second-order valence-corrected chi connectivity index (χ2v) is 6.68. The standard InChI is InChI=1S/C22H20ClNO5/c1-13-21(15-6-4-5-7-17(15)24-13)18(25)12-29-20(26)9-8-14-10-16(23)22(28-3)19(11-14)27-2/h4-11,24H,12H2,1-3H3/b9-8+. The van der Waals surface area contributed by atoms with E-state index in [0.717, 1.165) is 16.6 Å². The topological polar surface area (TPSA) is 77.6 Å². The van der Waals surface area contributed by atoms with Crippen LogP contribution in [0, 0.1) is 6.92 Å². The lowest BCUT2D eigenvalue weighted by atomic mass is 10.1. The van der Waals surface area contributed by atoms with E-state index in [1.165, 1.54) is 26.4 Å². The van der Waals surface area contributed by atoms with Crippen molar-refractivity contribution in [2.45, 2.75) is 6.92 Å². The van der Waals surface area contributed by atoms with Gasteiger partial charge in [0.05, 0.1) is 19.2 Å². The molecule has 0 amide bonds. The summed E-state index contributed by atoms with van der Waals surface area (Å²) < 4.78 is 15.5. The van der Waals surface area contributed by atoms with Gasteiger partial charge in [0, 0.05) is 28.2 Å². The van der Waals surface area contributed by atoms with Gasteiger partial charge in [-0.25, -0.2) is 4.79 Å². The third kappa shape index (κ3) is 4.43. The summed E-state index contributed by atoms with van der Waals surface area (Å²) in [4.78, 5) is 27.8. The number of esters is 1. The summed E-state index contributed by atoms with van der Waals surface area (Å²) in [5.74, 6) is -0.0517. The van der Waals surface area contributed by atoms with Crippen molar-refractivity contribution in [3.8, 4) is 11.5 Å². The average Bonchev–Trinajstić information content (AvgIpc) is 3.05. The number of hydrogen-bond acceptors (Lipinski definition) is 5. The van der Waals surface area contributed by atoms with Gasteiger partial charge >= 0.3 is 5.97 Å². The molecule has 7 heteroatoms. The van der Waals surface area contributed by atoms with E-state index >= 15 is 0 Å². The minimum absolute atomic E-state index is 0.268. The van der Waals surface area contributed by atoms with E-state index in [1.54, 1.807) is 12.1 Å². The van der Waals surface area contributed by atoms with Gasteiger partial charge in [-0.05, 0) is 36.8 Å². The lowest BCUT2D eigenvalue weighted by Crippen LogP contribution is -2.13. The number of hydrogen-bond donors (Lipinski definition) is 1. The predicted octanol–water partition coefficient (Wildman–Crippen LogP) is 4.59. The van der Waals surface area contributed by atoms with Gasteiger partial charge in [-0.1, -0.05) is 29.8 Å². The Morgan fingerprint density at radius 2 is 1.90 bits per heavy atom. The van der Waals surface area contributed by atoms with E-state index in [0.29, 0.717) is 27.6 Å². The lowest BCUT2D eigenvalue weighted by molar-refractivity contribution is -0.136. The molecule has 0 aliphatic heterocycles. The first-order chi connectivity index (χ1) is 13.9. The smallest absolute Gasteiger partial charge is 0.331 e. The number of fused-ring (bicyclic) bond motifs is 1. The Bertz CT molecular complexity index is 1100. The van der Waals surface area contributed by atoms with Crippen LogP contribution in [0.4, 0.5) is 0 Å². The number of ether oxygens (including phenoxy) is 3. The number of para-hydroxylation sites is 1. The third-order valence-corrected chi connectivity index (χ3v) is 4.67. The van der Waals surface area contributed by atoms with Crippen LogP contribution in [0.25, 0.3) is 17.0 Å². The molecule has 1 heterocycles. The van der Waals surface area contributed by atoms with E-state index in [9.17, 15) is 9.59 Å². The minimum Gasteiger partial charge on any atom is -0.493 e. The Morgan fingerprint density at radius 1 is 1.14 bits per heavy atom. The number of benzene rings is 2. The number of aromatic nitrogens is 1. The van der Waals surface area contributed by atoms with Crippen molar-refractivity contribution in [1.82, 2.24) is 4.98 Å². The zero-order chi connectivity index (χ0) is 21.0. The molecule has 2 aromatic carbocycles. The molecule has 29 heavy (non-hydrogen) atoms. The number of halogens is 1. The first-order valence-electron chi connectivity index (χ1n) is 8.81. The van der Waals surface area contributed by atoms with Crippen LogP contribution in [0.1, 0.15) is 21.6 Å². The molecule has 0 aliphatic rings. The zero-order valence-electron chi connectivity index (χ0n) is 16.2. The minimum atomic E-state index is -0.637. The van der Waals surface area contributed by atoms with E-state index in [1.807, 2.05) is 31.2 Å². The Balaban J connectivity index is 1.67. The van der Waals surface area contributed by atoms with Crippen molar-refractivity contribution in [1.29, 1.82) is 0 Å². The van der Waals surface area contributed by atoms with Gasteiger partial charge in [0.15, 0.2) is 18.1 Å². The molecule has 1 N–H and O–H groups in total. The molecule has 0 saturated heterocycles. The van der Waals surface area contributed by atoms with Crippen LogP contribution < -0.4 is 9.47 Å². The maximum atomic E-state index is 12.5. The van der Waals surface area contributed by atoms with E-state index in [4.69, 9.17) is 25.8 Å². The SMILES string of the molecule is COc1cc(/C=C/C(=O)OCC(=O)c2c(C)[nH]c3ccccc23)cc(Cl)c1OC. The van der Waals surface area contributed by atoms with Crippen molar-refractivity contribution in [2.75, 3.05) is 20.8 Å². The summed E-state index contributed by atoms with van der Waals surface area (Å²) in [5.41, 5.74) is 2.76. The van der Waals surface area contributed by atoms with Crippen LogP contribution in [0.2, 0.25) is 5.02 Å². The summed E-state index contributed by atoms with van der Waals surface area (Å²) in [7, 11) is 2.98. The molecule has 0 atom stereocenters. The fourth-order valence-electron chi connectivity index (χ4n) is 3.09. The maximum absolute atomic E-state index is 12.5. The molecule has 150 valence electrons. The van der Waals surface area contributed by atoms with Crippen LogP contribution >= 0.6 is 11.6 Å². The van der Waals surface area contributed by atoms with Crippen LogP contribution in [-0.2, 0) is 9.53 Å². The number of H-pyrrole nitrogens is 1. The van der Waals surface area contributed by atoms with Gasteiger partial charge < -0.3 is 19.2 Å². The van der Waals surface area contributed by atoms with Crippen molar-refractivity contribution < 1.29 is 23.8 Å². The third-order valence-electron chi connectivity index (χ3n) is 4.39. The Labute approximate surface area is 173 Å². The van der Waals surface area contributed by atoms with Crippen molar-refractivity contribution in [2.24, 2.45) is 0 Å². The molecule has 0 aliphatic carbocycles. The molecule has 0 spiro atoms. The second-order valence-electron chi connectivity index (χ2n) is 6.27. The summed E-state index contributed by atoms with van der Waals surface area (Å²) >= 11 is 6.15. The molecule has 6 nitrogen and oxygen atoms in total. The number of ketones is 1. The first-order valence-corrected chi connectivity index (χ1v) is 9.19. The van der Waals surface area contributed by atoms with Crippen molar-refractivity contribution in [3.63, 3.8) is 0 Å². The fraction of sp³-hybridized carbons (Fsp3) is 0.182. The molecule has 0 bridgehead atoms. The van der Waals surface area contributed by atoms with Gasteiger partial charge in [0.25, 0.3) is 0 Å². The first kappa shape index (κ1) is 20.5. The normalized spacial score (nSPS) is 11.0. The van der Waals surface area contributed by atoms with E-state index < -0.39 is 5.97 Å². The molecule has 1 aromatic heterocycles. The van der Waals surface area contributed by atoms with Crippen molar-refractivity contribution >= 4 is 40.3 Å². The number of carbonyl (C=O) groups is 2. The highest BCUT2D eigenvalue weighted by Crippen LogP contribution is 2.36. The van der Waals surface area contributed by atoms with E-state index in [-0.39, 0.29) is 12.4 Å². The summed E-state index contributed by atoms with van der Waals surface area (Å²) in [6.45, 7) is 1.47. The van der Waals surface area contributed by atoms with Gasteiger partial charge in [-0.2, -0.15) is 0 Å². The molecular formula is C22H20ClNO5. The zero-order valence-corrected chi connectivity index (χ0v) is 17.0. The monoisotopic (exact) mass is 413 g/mol. The van der Waals surface area contributed by atoms with Crippen LogP contribution in [-0.4, -0.2) is 37.6 Å². The second kappa shape index (κ2) is 8.84. The van der Waals surface area contributed by atoms with Crippen LogP contribution in [0.15, 0.2) is 42.5 Å². The average molecular weight is 414 g/mol. The molecule has 0 saturated carbocycles. The number of nitrogens with one attached hydrogen (secondary N) is 1. The number of aryl methyl sites for hydroxylation is 1. The Kier molecular flexibility index (Phi) is 6.24. The largest absolute Gasteiger partial charge is 0.493 e. The molecule has 0 unspecified atom stereocenters. The highest BCUT2D eigenvalue weighted by molar-refractivity contribution is 6.32. The number of methoxy groups -OCH3 is 2. The molecule has 3 rings (SSSR count). The molecular weight excluding hydrogens is 394 g/mol. The summed E-state index contributed by atoms with van der Waals surface area (Å²) in [6, 6.07) is 10.8. The number of Topliss-reactive ketones (excluding diaryl/α,β-unsaturated/α-hetero) is 1. The summed E-state index contributed by atoms with van der Waals surface area (Å²) in [6.07, 6.45) is 2.75. The van der Waals surface area contributed by atoms with Crippen LogP contribution in [0.5, 0.6) is 11.5 Å². The number of rotatable bonds is 7. The molecule has 3 aromatic rings. The fourth-order valence-corrected chi connectivity index (χ4v) is 3.39.